The van der Waals surface area contributed by atoms with Crippen molar-refractivity contribution in [2.45, 2.75) is 24.9 Å². The van der Waals surface area contributed by atoms with Gasteiger partial charge in [-0.2, -0.15) is 0 Å². The van der Waals surface area contributed by atoms with Crippen LogP contribution in [0.5, 0.6) is 17.2 Å². The molecule has 1 unspecified atom stereocenters. The van der Waals surface area contributed by atoms with Gasteiger partial charge in [0.25, 0.3) is 0 Å². The van der Waals surface area contributed by atoms with Gasteiger partial charge in [0.1, 0.15) is 28.7 Å². The highest BCUT2D eigenvalue weighted by molar-refractivity contribution is 6.32. The molecule has 4 aromatic rings. The number of Topliss-reactive ketones (excluding diaryl/α,β-unsaturated/α-hetero) is 3. The van der Waals surface area contributed by atoms with Gasteiger partial charge >= 0.3 is 0 Å². The second-order valence-electron chi connectivity index (χ2n) is 11.5. The third kappa shape index (κ3) is 3.71. The van der Waals surface area contributed by atoms with E-state index < -0.39 is 23.4 Å². The van der Waals surface area contributed by atoms with E-state index in [4.69, 9.17) is 14.2 Å². The Kier molecular flexibility index (Phi) is 6.43. The highest BCUT2D eigenvalue weighted by Gasteiger charge is 2.72. The second kappa shape index (κ2) is 10.2. The van der Waals surface area contributed by atoms with Gasteiger partial charge in [-0.3, -0.25) is 14.4 Å². The molecular formula is C37H31NO6. The van der Waals surface area contributed by atoms with Gasteiger partial charge in [0, 0.05) is 33.9 Å². The summed E-state index contributed by atoms with van der Waals surface area (Å²) in [5, 5.41) is 0. The second-order valence-corrected chi connectivity index (χ2v) is 11.5. The van der Waals surface area contributed by atoms with Gasteiger partial charge in [-0.25, -0.2) is 0 Å². The van der Waals surface area contributed by atoms with Crippen LogP contribution in [0.25, 0.3) is 6.08 Å². The van der Waals surface area contributed by atoms with Crippen molar-refractivity contribution in [2.75, 3.05) is 26.2 Å². The number of ether oxygens (including phenoxy) is 3. The Morgan fingerprint density at radius 1 is 0.773 bits per heavy atom. The number of carbonyl (C=O) groups excluding carboxylic acids is 3. The maximum Gasteiger partial charge on any atom is 0.186 e. The van der Waals surface area contributed by atoms with Crippen LogP contribution in [0.4, 0.5) is 5.69 Å². The van der Waals surface area contributed by atoms with Crippen LogP contribution in [0.3, 0.4) is 0 Å². The Morgan fingerprint density at radius 3 is 2.16 bits per heavy atom. The van der Waals surface area contributed by atoms with Gasteiger partial charge in [-0.05, 0) is 55.0 Å². The van der Waals surface area contributed by atoms with E-state index in [0.717, 1.165) is 16.8 Å². The first-order chi connectivity index (χ1) is 21.3. The van der Waals surface area contributed by atoms with E-state index in [1.54, 1.807) is 88.1 Å². The number of rotatable bonds is 6. The molecule has 1 aliphatic carbocycles. The Labute approximate surface area is 255 Å². The molecule has 1 saturated heterocycles. The Morgan fingerprint density at radius 2 is 1.48 bits per heavy atom. The summed E-state index contributed by atoms with van der Waals surface area (Å²) in [7, 11) is 4.65. The zero-order chi connectivity index (χ0) is 30.7. The molecule has 0 N–H and O–H groups in total. The Bertz CT molecular complexity index is 1860. The van der Waals surface area contributed by atoms with Crippen LogP contribution in [0.2, 0.25) is 0 Å². The standard InChI is InChI=1S/C37H31NO6/c1-21-12-15-29-22(18-21)13-17-31-37(35(40)26-10-5-6-11-27(26)36(37)41)32(28-20-25(43-3)14-16-30(28)44-4)33(38(29)31)34(39)23-8-7-9-24(19-23)42-2/h5-20,31-33H,1-4H3/t31?,32-,33+/m1/s1. The predicted octanol–water partition coefficient (Wildman–Crippen LogP) is 6.34. The van der Waals surface area contributed by atoms with Gasteiger partial charge in [-0.1, -0.05) is 60.2 Å². The molecule has 0 saturated carbocycles. The zero-order valence-corrected chi connectivity index (χ0v) is 24.9. The fourth-order valence-corrected chi connectivity index (χ4v) is 7.47. The van der Waals surface area contributed by atoms with Crippen molar-refractivity contribution in [1.82, 2.24) is 0 Å². The van der Waals surface area contributed by atoms with Crippen molar-refractivity contribution in [3.05, 3.63) is 124 Å². The number of fused-ring (bicyclic) bond motifs is 5. The third-order valence-corrected chi connectivity index (χ3v) is 9.35. The van der Waals surface area contributed by atoms with Gasteiger partial charge in [0.2, 0.25) is 0 Å². The minimum Gasteiger partial charge on any atom is -0.497 e. The van der Waals surface area contributed by atoms with Crippen molar-refractivity contribution in [2.24, 2.45) is 5.41 Å². The average Bonchev–Trinajstić information content (AvgIpc) is 3.49. The number of aryl methyl sites for hydroxylation is 1. The molecule has 1 fully saturated rings. The van der Waals surface area contributed by atoms with E-state index >= 15 is 0 Å². The molecule has 0 aromatic heterocycles. The maximum atomic E-state index is 15.0. The zero-order valence-electron chi connectivity index (χ0n) is 24.9. The van der Waals surface area contributed by atoms with E-state index in [0.29, 0.717) is 39.5 Å². The van der Waals surface area contributed by atoms with Gasteiger partial charge in [-0.15, -0.1) is 0 Å². The number of hydrogen-bond donors (Lipinski definition) is 0. The largest absolute Gasteiger partial charge is 0.497 e. The van der Waals surface area contributed by atoms with E-state index in [9.17, 15) is 14.4 Å². The summed E-state index contributed by atoms with van der Waals surface area (Å²) in [6.45, 7) is 2.01. The summed E-state index contributed by atoms with van der Waals surface area (Å²) in [6.07, 6.45) is 3.88. The summed E-state index contributed by atoms with van der Waals surface area (Å²) in [5.74, 6) is -0.253. The quantitative estimate of drug-likeness (QED) is 0.193. The molecule has 2 aliphatic heterocycles. The smallest absolute Gasteiger partial charge is 0.186 e. The lowest BCUT2D eigenvalue weighted by Gasteiger charge is -2.37. The Hall–Kier alpha value is -5.17. The van der Waals surface area contributed by atoms with Crippen LogP contribution in [-0.2, 0) is 0 Å². The molecule has 3 atom stereocenters. The lowest BCUT2D eigenvalue weighted by molar-refractivity contribution is 0.0664. The molecule has 2 heterocycles. The molecule has 0 bridgehead atoms. The van der Waals surface area contributed by atoms with Crippen LogP contribution in [0.15, 0.2) is 91.0 Å². The highest BCUT2D eigenvalue weighted by Crippen LogP contribution is 2.62. The summed E-state index contributed by atoms with van der Waals surface area (Å²) < 4.78 is 17.0. The molecule has 7 rings (SSSR count). The minimum absolute atomic E-state index is 0.237. The summed E-state index contributed by atoms with van der Waals surface area (Å²) in [5.41, 5.74) is 2.79. The molecular weight excluding hydrogens is 554 g/mol. The molecule has 44 heavy (non-hydrogen) atoms. The number of anilines is 1. The van der Waals surface area contributed by atoms with Crippen LogP contribution in [0, 0.1) is 12.3 Å². The van der Waals surface area contributed by atoms with Crippen LogP contribution < -0.4 is 19.1 Å². The fraction of sp³-hybridized carbons (Fsp3) is 0.216. The molecule has 0 amide bonds. The molecule has 220 valence electrons. The van der Waals surface area contributed by atoms with E-state index in [2.05, 4.69) is 0 Å². The van der Waals surface area contributed by atoms with Crippen molar-refractivity contribution in [3.8, 4) is 17.2 Å². The highest BCUT2D eigenvalue weighted by atomic mass is 16.5. The number of benzene rings is 4. The van der Waals surface area contributed by atoms with Crippen molar-refractivity contribution in [1.29, 1.82) is 0 Å². The number of methoxy groups -OCH3 is 3. The first-order valence-electron chi connectivity index (χ1n) is 14.5. The minimum atomic E-state index is -1.65. The van der Waals surface area contributed by atoms with Crippen LogP contribution in [0.1, 0.15) is 53.7 Å². The first kappa shape index (κ1) is 27.7. The first-order valence-corrected chi connectivity index (χ1v) is 14.5. The van der Waals surface area contributed by atoms with Crippen LogP contribution >= 0.6 is 0 Å². The summed E-state index contributed by atoms with van der Waals surface area (Å²) in [4.78, 5) is 46.8. The average molecular weight is 586 g/mol. The van der Waals surface area contributed by atoms with E-state index in [-0.39, 0.29) is 17.3 Å². The van der Waals surface area contributed by atoms with Gasteiger partial charge in [0.05, 0.1) is 27.4 Å². The number of carbonyl (C=O) groups is 3. The number of hydrogen-bond acceptors (Lipinski definition) is 7. The van der Waals surface area contributed by atoms with Crippen molar-refractivity contribution >= 4 is 29.1 Å². The SMILES string of the molecule is COc1cccc(C(=O)[C@@H]2[C@@H](c3cc(OC)ccc3OC)C3(C(=O)c4ccccc4C3=O)C3C=Cc4cc(C)ccc4N32)c1. The lowest BCUT2D eigenvalue weighted by atomic mass is 9.64. The predicted molar refractivity (Wildman–Crippen MR) is 167 cm³/mol. The van der Waals surface area contributed by atoms with Gasteiger partial charge < -0.3 is 19.1 Å². The summed E-state index contributed by atoms with van der Waals surface area (Å²) in [6, 6.07) is 23.6. The third-order valence-electron chi connectivity index (χ3n) is 9.35. The molecule has 0 radical (unpaired) electrons. The number of nitrogens with zero attached hydrogens (tertiary/aromatic N) is 1. The molecule has 4 aromatic carbocycles. The van der Waals surface area contributed by atoms with Crippen molar-refractivity contribution in [3.63, 3.8) is 0 Å². The summed E-state index contributed by atoms with van der Waals surface area (Å²) >= 11 is 0. The Balaban J connectivity index is 1.58. The van der Waals surface area contributed by atoms with E-state index in [1.807, 2.05) is 42.2 Å². The topological polar surface area (TPSA) is 82.1 Å². The maximum absolute atomic E-state index is 15.0. The van der Waals surface area contributed by atoms with E-state index in [1.165, 1.54) is 0 Å². The molecule has 7 nitrogen and oxygen atoms in total. The molecule has 1 spiro atoms. The lowest BCUT2D eigenvalue weighted by Crippen LogP contribution is -2.48. The normalized spacial score (nSPS) is 20.7. The molecule has 7 heteroatoms. The fourth-order valence-electron chi connectivity index (χ4n) is 7.47. The van der Waals surface area contributed by atoms with Gasteiger partial charge in [0.15, 0.2) is 17.3 Å². The van der Waals surface area contributed by atoms with Crippen LogP contribution in [-0.4, -0.2) is 50.8 Å². The number of ketones is 3. The monoisotopic (exact) mass is 585 g/mol. The molecule has 3 aliphatic rings. The van der Waals surface area contributed by atoms with Crippen molar-refractivity contribution < 1.29 is 28.6 Å².